The molecule has 9 heavy (non-hydrogen) atoms. The molecule has 1 unspecified atom stereocenters. The third-order valence-electron chi connectivity index (χ3n) is 1.64. The molecular formula is C6H13N2O+. The first-order valence-corrected chi connectivity index (χ1v) is 3.51. The van der Waals surface area contributed by atoms with Crippen molar-refractivity contribution in [1.82, 2.24) is 5.32 Å². The molecular weight excluding hydrogens is 116 g/mol. The zero-order valence-electron chi connectivity index (χ0n) is 5.76. The summed E-state index contributed by atoms with van der Waals surface area (Å²) in [5.41, 5.74) is 0. The Labute approximate surface area is 55.0 Å². The predicted molar refractivity (Wildman–Crippen MR) is 35.2 cm³/mol. The van der Waals surface area contributed by atoms with Crippen molar-refractivity contribution in [2.45, 2.75) is 25.9 Å². The molecule has 3 nitrogen and oxygen atoms in total. The Morgan fingerprint density at radius 3 is 3.00 bits per heavy atom. The van der Waals surface area contributed by atoms with Crippen molar-refractivity contribution in [2.75, 3.05) is 13.1 Å². The SMILES string of the molecule is CCNC1CCC[N+]1=O. The van der Waals surface area contributed by atoms with Crippen LogP contribution in [0.25, 0.3) is 0 Å². The summed E-state index contributed by atoms with van der Waals surface area (Å²) >= 11 is 0. The maximum absolute atomic E-state index is 10.8. The van der Waals surface area contributed by atoms with Crippen LogP contribution in [-0.2, 0) is 0 Å². The molecule has 3 heteroatoms. The average Bonchev–Trinajstić information content (AvgIpc) is 2.18. The van der Waals surface area contributed by atoms with Gasteiger partial charge in [0.05, 0.1) is 0 Å². The lowest BCUT2D eigenvalue weighted by Gasteiger charge is -1.99. The Morgan fingerprint density at radius 1 is 1.78 bits per heavy atom. The van der Waals surface area contributed by atoms with Crippen LogP contribution in [0.15, 0.2) is 0 Å². The highest BCUT2D eigenvalue weighted by molar-refractivity contribution is 4.57. The average molecular weight is 129 g/mol. The van der Waals surface area contributed by atoms with Crippen molar-refractivity contribution < 1.29 is 4.76 Å². The zero-order chi connectivity index (χ0) is 6.69. The first kappa shape index (κ1) is 6.68. The molecule has 0 aromatic rings. The fourth-order valence-corrected chi connectivity index (χ4v) is 1.18. The van der Waals surface area contributed by atoms with Crippen molar-refractivity contribution >= 4 is 0 Å². The van der Waals surface area contributed by atoms with Gasteiger partial charge in [-0.3, -0.25) is 5.32 Å². The molecule has 1 aliphatic rings. The molecule has 1 fully saturated rings. The van der Waals surface area contributed by atoms with Gasteiger partial charge in [-0.25, -0.2) is 0 Å². The molecule has 0 radical (unpaired) electrons. The molecule has 0 aliphatic carbocycles. The minimum Gasteiger partial charge on any atom is -0.256 e. The molecule has 0 aromatic heterocycles. The van der Waals surface area contributed by atoms with Crippen LogP contribution in [0.5, 0.6) is 0 Å². The van der Waals surface area contributed by atoms with E-state index >= 15 is 0 Å². The van der Waals surface area contributed by atoms with E-state index in [1.165, 1.54) is 0 Å². The molecule has 1 atom stereocenters. The van der Waals surface area contributed by atoms with Crippen LogP contribution in [0, 0.1) is 4.91 Å². The summed E-state index contributed by atoms with van der Waals surface area (Å²) in [6.45, 7) is 3.62. The summed E-state index contributed by atoms with van der Waals surface area (Å²) in [5, 5.41) is 3.11. The summed E-state index contributed by atoms with van der Waals surface area (Å²) in [6.07, 6.45) is 2.16. The number of nitroso groups, excluding NO2 is 1. The Kier molecular flexibility index (Phi) is 2.16. The third-order valence-corrected chi connectivity index (χ3v) is 1.64. The highest BCUT2D eigenvalue weighted by Crippen LogP contribution is 2.07. The molecule has 0 aromatic carbocycles. The van der Waals surface area contributed by atoms with Gasteiger partial charge in [0, 0.05) is 22.5 Å². The summed E-state index contributed by atoms with van der Waals surface area (Å²) < 4.78 is 1.13. The predicted octanol–water partition coefficient (Wildman–Crippen LogP) is 0.495. The van der Waals surface area contributed by atoms with Crippen LogP contribution < -0.4 is 5.32 Å². The van der Waals surface area contributed by atoms with E-state index in [1.807, 2.05) is 6.92 Å². The Balaban J connectivity index is 2.31. The number of hydrogen-bond acceptors (Lipinski definition) is 2. The fourth-order valence-electron chi connectivity index (χ4n) is 1.18. The quantitative estimate of drug-likeness (QED) is 0.550. The van der Waals surface area contributed by atoms with E-state index in [2.05, 4.69) is 5.32 Å². The first-order valence-electron chi connectivity index (χ1n) is 3.51. The molecule has 0 amide bonds. The standard InChI is InChI=1S/C6H13N2O/c1-2-7-6-4-3-5-8(6)9/h6-7H,2-5H2,1H3/q+1. The van der Waals surface area contributed by atoms with Gasteiger partial charge in [0.2, 0.25) is 0 Å². The minimum absolute atomic E-state index is 0.106. The largest absolute Gasteiger partial charge is 0.256 e. The topological polar surface area (TPSA) is 32.1 Å². The normalized spacial score (nSPS) is 27.2. The summed E-state index contributed by atoms with van der Waals surface area (Å²) in [5.74, 6) is 0. The Bertz CT molecular complexity index is 114. The number of nitrogens with zero attached hydrogens (tertiary/aromatic N) is 1. The zero-order valence-corrected chi connectivity index (χ0v) is 5.76. The molecule has 1 aliphatic heterocycles. The van der Waals surface area contributed by atoms with Gasteiger partial charge in [-0.05, 0) is 6.54 Å². The lowest BCUT2D eigenvalue weighted by atomic mass is 10.3. The Morgan fingerprint density at radius 2 is 2.56 bits per heavy atom. The summed E-state index contributed by atoms with van der Waals surface area (Å²) in [6, 6.07) is 0. The van der Waals surface area contributed by atoms with Gasteiger partial charge >= 0.3 is 0 Å². The van der Waals surface area contributed by atoms with E-state index in [4.69, 9.17) is 0 Å². The van der Waals surface area contributed by atoms with E-state index in [-0.39, 0.29) is 6.17 Å². The highest BCUT2D eigenvalue weighted by atomic mass is 16.3. The smallest absolute Gasteiger partial charge is 0.254 e. The monoisotopic (exact) mass is 129 g/mol. The molecule has 0 bridgehead atoms. The molecule has 1 rings (SSSR count). The lowest BCUT2D eigenvalue weighted by molar-refractivity contribution is -0.570. The third kappa shape index (κ3) is 1.48. The second kappa shape index (κ2) is 2.92. The molecule has 1 heterocycles. The van der Waals surface area contributed by atoms with Crippen molar-refractivity contribution in [3.8, 4) is 0 Å². The van der Waals surface area contributed by atoms with Crippen LogP contribution in [0.2, 0.25) is 0 Å². The number of rotatable bonds is 2. The van der Waals surface area contributed by atoms with Crippen LogP contribution in [0.4, 0.5) is 0 Å². The van der Waals surface area contributed by atoms with E-state index in [0.29, 0.717) is 6.54 Å². The Hall–Kier alpha value is -0.440. The van der Waals surface area contributed by atoms with Crippen LogP contribution in [0.3, 0.4) is 0 Å². The molecule has 52 valence electrons. The van der Waals surface area contributed by atoms with Crippen LogP contribution >= 0.6 is 0 Å². The molecule has 0 spiro atoms. The fraction of sp³-hybridized carbons (Fsp3) is 1.00. The summed E-state index contributed by atoms with van der Waals surface area (Å²) in [7, 11) is 0. The first-order chi connectivity index (χ1) is 4.34. The van der Waals surface area contributed by atoms with Crippen LogP contribution in [0.1, 0.15) is 19.8 Å². The van der Waals surface area contributed by atoms with E-state index in [1.54, 1.807) is 0 Å². The molecule has 1 N–H and O–H groups in total. The maximum atomic E-state index is 10.8. The van der Waals surface area contributed by atoms with Gasteiger partial charge < -0.3 is 0 Å². The van der Waals surface area contributed by atoms with Gasteiger partial charge in [0.1, 0.15) is 0 Å². The van der Waals surface area contributed by atoms with E-state index in [0.717, 1.165) is 24.1 Å². The lowest BCUT2D eigenvalue weighted by Crippen LogP contribution is -2.33. The van der Waals surface area contributed by atoms with Crippen LogP contribution in [-0.4, -0.2) is 24.0 Å². The minimum atomic E-state index is 0.106. The maximum Gasteiger partial charge on any atom is 0.254 e. The number of hydrogen-bond donors (Lipinski definition) is 1. The summed E-state index contributed by atoms with van der Waals surface area (Å²) in [4.78, 5) is 10.8. The van der Waals surface area contributed by atoms with Gasteiger partial charge in [0.15, 0.2) is 6.54 Å². The second-order valence-electron chi connectivity index (χ2n) is 2.36. The number of nitrogens with one attached hydrogen (secondary N) is 1. The van der Waals surface area contributed by atoms with Crippen molar-refractivity contribution in [1.29, 1.82) is 0 Å². The van der Waals surface area contributed by atoms with Gasteiger partial charge in [-0.1, -0.05) is 6.92 Å². The molecule has 1 saturated heterocycles. The van der Waals surface area contributed by atoms with Gasteiger partial charge in [-0.15, -0.1) is 0 Å². The van der Waals surface area contributed by atoms with Crippen molar-refractivity contribution in [3.63, 3.8) is 0 Å². The van der Waals surface area contributed by atoms with Gasteiger partial charge in [0.25, 0.3) is 6.17 Å². The van der Waals surface area contributed by atoms with E-state index in [9.17, 15) is 4.91 Å². The molecule has 0 saturated carbocycles. The van der Waals surface area contributed by atoms with E-state index < -0.39 is 0 Å². The van der Waals surface area contributed by atoms with Crippen molar-refractivity contribution in [2.24, 2.45) is 0 Å². The second-order valence-corrected chi connectivity index (χ2v) is 2.36. The van der Waals surface area contributed by atoms with Gasteiger partial charge in [-0.2, -0.15) is 0 Å². The highest BCUT2D eigenvalue weighted by Gasteiger charge is 2.29. The van der Waals surface area contributed by atoms with Crippen molar-refractivity contribution in [3.05, 3.63) is 4.91 Å².